The monoisotopic (exact) mass is 495 g/mol. The Bertz CT molecular complexity index is 1030. The van der Waals surface area contributed by atoms with Gasteiger partial charge in [-0.15, -0.1) is 0 Å². The predicted molar refractivity (Wildman–Crippen MR) is 157 cm³/mol. The molecule has 3 heteroatoms. The Morgan fingerprint density at radius 2 is 1.41 bits per heavy atom. The van der Waals surface area contributed by atoms with Gasteiger partial charge in [0.15, 0.2) is 0 Å². The topological polar surface area (TPSA) is 9.72 Å². The lowest BCUT2D eigenvalue weighted by atomic mass is 9.85. The molecule has 196 valence electrons. The van der Waals surface area contributed by atoms with Crippen LogP contribution < -0.4 is 4.90 Å². The molecule has 0 spiro atoms. The zero-order valence-electron chi connectivity index (χ0n) is 22.8. The summed E-state index contributed by atoms with van der Waals surface area (Å²) in [7, 11) is 0. The first-order valence-corrected chi connectivity index (χ1v) is 14.7. The van der Waals surface area contributed by atoms with Gasteiger partial charge in [-0.05, 0) is 60.5 Å². The summed E-state index contributed by atoms with van der Waals surface area (Å²) in [5, 5.41) is 0. The Morgan fingerprint density at radius 1 is 0.730 bits per heavy atom. The van der Waals surface area contributed by atoms with Crippen molar-refractivity contribution in [2.45, 2.75) is 71.0 Å². The van der Waals surface area contributed by atoms with Crippen molar-refractivity contribution < 1.29 is 0 Å². The fourth-order valence-corrected chi connectivity index (χ4v) is 6.28. The summed E-state index contributed by atoms with van der Waals surface area (Å²) < 4.78 is 0. The number of benzene rings is 3. The summed E-state index contributed by atoms with van der Waals surface area (Å²) in [6, 6.07) is 29.7. The van der Waals surface area contributed by atoms with Gasteiger partial charge in [-0.3, -0.25) is 9.80 Å². The van der Waals surface area contributed by atoms with E-state index in [1.165, 1.54) is 75.0 Å². The van der Waals surface area contributed by atoms with Crippen molar-refractivity contribution in [2.75, 3.05) is 37.6 Å². The Hall–Kier alpha value is -2.62. The predicted octanol–water partition coefficient (Wildman–Crippen LogP) is 6.95. The maximum Gasteiger partial charge on any atom is 0.0403 e. The molecule has 1 aliphatic heterocycles. The van der Waals surface area contributed by atoms with Crippen molar-refractivity contribution in [2.24, 2.45) is 0 Å². The molecule has 0 amide bonds. The number of nitrogens with zero attached hydrogens (tertiary/aromatic N) is 3. The molecule has 3 aromatic carbocycles. The van der Waals surface area contributed by atoms with Gasteiger partial charge in [-0.1, -0.05) is 99.0 Å². The van der Waals surface area contributed by atoms with Crippen molar-refractivity contribution >= 4 is 5.69 Å². The molecule has 1 aliphatic carbocycles. The maximum atomic E-state index is 2.73. The van der Waals surface area contributed by atoms with E-state index in [0.717, 1.165) is 32.6 Å². The second-order valence-corrected chi connectivity index (χ2v) is 11.1. The van der Waals surface area contributed by atoms with Crippen LogP contribution in [0.1, 0.15) is 61.3 Å². The van der Waals surface area contributed by atoms with Crippen LogP contribution in [0.15, 0.2) is 78.9 Å². The van der Waals surface area contributed by atoms with Crippen molar-refractivity contribution in [3.05, 3.63) is 101 Å². The number of anilines is 1. The zero-order valence-corrected chi connectivity index (χ0v) is 22.8. The van der Waals surface area contributed by atoms with Crippen molar-refractivity contribution in [3.8, 4) is 0 Å². The molecule has 1 fully saturated rings. The molecule has 3 nitrogen and oxygen atoms in total. The van der Waals surface area contributed by atoms with Gasteiger partial charge in [-0.25, -0.2) is 0 Å². The van der Waals surface area contributed by atoms with Crippen LogP contribution in [-0.4, -0.2) is 48.6 Å². The van der Waals surface area contributed by atoms with Crippen molar-refractivity contribution in [3.63, 3.8) is 0 Å². The number of fused-ring (bicyclic) bond motifs is 1. The van der Waals surface area contributed by atoms with Crippen LogP contribution in [-0.2, 0) is 25.9 Å². The van der Waals surface area contributed by atoms with E-state index in [2.05, 4.69) is 100 Å². The number of rotatable bonds is 11. The highest BCUT2D eigenvalue weighted by atomic mass is 15.3. The van der Waals surface area contributed by atoms with Crippen LogP contribution in [0, 0.1) is 0 Å². The third-order valence-corrected chi connectivity index (χ3v) is 8.45. The fraction of sp³-hybridized carbons (Fsp3) is 0.471. The molecule has 0 aromatic heterocycles. The normalized spacial score (nSPS) is 18.2. The van der Waals surface area contributed by atoms with Crippen LogP contribution in [0.2, 0.25) is 0 Å². The average Bonchev–Trinajstić information content (AvgIpc) is 2.96. The molecular formula is C34H45N3. The Labute approximate surface area is 225 Å². The summed E-state index contributed by atoms with van der Waals surface area (Å²) in [6.45, 7) is 10.3. The molecule has 1 atom stereocenters. The molecule has 0 N–H and O–H groups in total. The maximum absolute atomic E-state index is 2.73. The van der Waals surface area contributed by atoms with Gasteiger partial charge in [0.05, 0.1) is 0 Å². The largest absolute Gasteiger partial charge is 0.369 e. The lowest BCUT2D eigenvalue weighted by Crippen LogP contribution is -2.47. The second kappa shape index (κ2) is 13.3. The smallest absolute Gasteiger partial charge is 0.0403 e. The number of hydrogen-bond acceptors (Lipinski definition) is 3. The van der Waals surface area contributed by atoms with E-state index < -0.39 is 0 Å². The molecule has 37 heavy (non-hydrogen) atoms. The Kier molecular flexibility index (Phi) is 9.32. The zero-order chi connectivity index (χ0) is 25.3. The van der Waals surface area contributed by atoms with E-state index in [4.69, 9.17) is 0 Å². The van der Waals surface area contributed by atoms with Gasteiger partial charge in [-0.2, -0.15) is 0 Å². The second-order valence-electron chi connectivity index (χ2n) is 11.1. The van der Waals surface area contributed by atoms with E-state index in [1.54, 1.807) is 11.1 Å². The molecular weight excluding hydrogens is 450 g/mol. The minimum absolute atomic E-state index is 0.564. The number of hydrogen-bond donors (Lipinski definition) is 0. The van der Waals surface area contributed by atoms with Crippen molar-refractivity contribution in [1.29, 1.82) is 0 Å². The van der Waals surface area contributed by atoms with Gasteiger partial charge in [0.25, 0.3) is 0 Å². The summed E-state index contributed by atoms with van der Waals surface area (Å²) in [6.07, 6.45) is 9.02. The van der Waals surface area contributed by atoms with Gasteiger partial charge >= 0.3 is 0 Å². The minimum Gasteiger partial charge on any atom is -0.369 e. The molecule has 0 radical (unpaired) electrons. The van der Waals surface area contributed by atoms with E-state index in [1.807, 2.05) is 0 Å². The quantitative estimate of drug-likeness (QED) is 0.267. The summed E-state index contributed by atoms with van der Waals surface area (Å²) >= 11 is 0. The lowest BCUT2D eigenvalue weighted by molar-refractivity contribution is 0.162. The van der Waals surface area contributed by atoms with Crippen LogP contribution in [0.4, 0.5) is 5.69 Å². The van der Waals surface area contributed by atoms with Crippen LogP contribution >= 0.6 is 0 Å². The fourth-order valence-electron chi connectivity index (χ4n) is 6.28. The molecule has 2 aliphatic rings. The van der Waals surface area contributed by atoms with E-state index in [0.29, 0.717) is 6.04 Å². The number of unbranched alkanes of at least 4 members (excludes halogenated alkanes) is 3. The minimum atomic E-state index is 0.564. The molecule has 0 saturated carbocycles. The average molecular weight is 496 g/mol. The molecule has 3 aromatic rings. The molecule has 1 saturated heterocycles. The van der Waals surface area contributed by atoms with Crippen molar-refractivity contribution in [1.82, 2.24) is 9.80 Å². The van der Waals surface area contributed by atoms with Gasteiger partial charge in [0.1, 0.15) is 0 Å². The highest BCUT2D eigenvalue weighted by Gasteiger charge is 2.28. The Balaban J connectivity index is 1.29. The molecule has 0 unspecified atom stereocenters. The van der Waals surface area contributed by atoms with Gasteiger partial charge < -0.3 is 4.90 Å². The molecule has 5 rings (SSSR count). The first-order chi connectivity index (χ1) is 18.3. The number of aryl methyl sites for hydroxylation is 1. The molecule has 0 bridgehead atoms. The van der Waals surface area contributed by atoms with E-state index in [9.17, 15) is 0 Å². The van der Waals surface area contributed by atoms with E-state index >= 15 is 0 Å². The summed E-state index contributed by atoms with van der Waals surface area (Å²) in [5.41, 5.74) is 7.52. The lowest BCUT2D eigenvalue weighted by Gasteiger charge is -2.40. The first kappa shape index (κ1) is 26.0. The van der Waals surface area contributed by atoms with Crippen LogP contribution in [0.5, 0.6) is 0 Å². The number of piperazine rings is 1. The summed E-state index contributed by atoms with van der Waals surface area (Å²) in [4.78, 5) is 8.10. The third kappa shape index (κ3) is 7.03. The SMILES string of the molecule is CCCCCCN1CCN(c2cccc3c2C[C@H](N(Cc2ccccc2)Cc2ccccc2)CC3)CC1. The van der Waals surface area contributed by atoms with Crippen LogP contribution in [0.3, 0.4) is 0 Å². The molecule has 1 heterocycles. The van der Waals surface area contributed by atoms with Crippen LogP contribution in [0.25, 0.3) is 0 Å². The highest BCUT2D eigenvalue weighted by molar-refractivity contribution is 5.58. The van der Waals surface area contributed by atoms with Gasteiger partial charge in [0.2, 0.25) is 0 Å². The van der Waals surface area contributed by atoms with E-state index in [-0.39, 0.29) is 0 Å². The Morgan fingerprint density at radius 3 is 2.05 bits per heavy atom. The first-order valence-electron chi connectivity index (χ1n) is 14.7. The van der Waals surface area contributed by atoms with Gasteiger partial charge in [0, 0.05) is 51.0 Å². The third-order valence-electron chi connectivity index (χ3n) is 8.45. The standard InChI is InChI=1S/C34H45N3/c1-2-3-4-11-21-35-22-24-36(25-23-35)34-18-12-17-31-19-20-32(26-33(31)34)37(27-29-13-7-5-8-14-29)28-30-15-9-6-10-16-30/h5-10,12-18,32H,2-4,11,19-28H2,1H3/t32-/m1/s1. The summed E-state index contributed by atoms with van der Waals surface area (Å²) in [5.74, 6) is 0. The highest BCUT2D eigenvalue weighted by Crippen LogP contribution is 2.34.